The number of benzene rings is 2. The summed E-state index contributed by atoms with van der Waals surface area (Å²) in [5, 5.41) is 13.6. The van der Waals surface area contributed by atoms with Crippen LogP contribution in [-0.2, 0) is 6.54 Å². The van der Waals surface area contributed by atoms with Gasteiger partial charge in [-0.05, 0) is 73.6 Å². The Hall–Kier alpha value is -3.78. The summed E-state index contributed by atoms with van der Waals surface area (Å²) in [7, 11) is 0. The molecule has 7 nitrogen and oxygen atoms in total. The zero-order valence-corrected chi connectivity index (χ0v) is 23.0. The number of carbonyl (C=O) groups excluding carboxylic acids is 1. The van der Waals surface area contributed by atoms with Gasteiger partial charge in [0.15, 0.2) is 0 Å². The fourth-order valence-electron chi connectivity index (χ4n) is 6.61. The molecule has 1 saturated carbocycles. The van der Waals surface area contributed by atoms with Gasteiger partial charge < -0.3 is 5.32 Å². The van der Waals surface area contributed by atoms with Gasteiger partial charge in [-0.15, -0.1) is 0 Å². The van der Waals surface area contributed by atoms with E-state index in [-0.39, 0.29) is 11.8 Å². The Bertz CT molecular complexity index is 1430. The van der Waals surface area contributed by atoms with E-state index in [4.69, 9.17) is 0 Å². The number of hydrogen-bond acceptors (Lipinski definition) is 4. The van der Waals surface area contributed by atoms with Crippen LogP contribution in [0.5, 0.6) is 0 Å². The summed E-state index contributed by atoms with van der Waals surface area (Å²) in [6.07, 6.45) is 10.6. The van der Waals surface area contributed by atoms with Gasteiger partial charge in [-0.25, -0.2) is 9.18 Å². The maximum absolute atomic E-state index is 14.3. The predicted molar refractivity (Wildman–Crippen MR) is 153 cm³/mol. The molecule has 6 rings (SSSR count). The number of likely N-dealkylation sites (tertiary alicyclic amines) is 1. The Morgan fingerprint density at radius 2 is 1.85 bits per heavy atom. The van der Waals surface area contributed by atoms with E-state index >= 15 is 0 Å². The van der Waals surface area contributed by atoms with E-state index in [9.17, 15) is 14.4 Å². The van der Waals surface area contributed by atoms with Gasteiger partial charge in [0.05, 0.1) is 5.56 Å². The molecule has 0 atom stereocenters. The van der Waals surface area contributed by atoms with E-state index in [1.165, 1.54) is 37.0 Å². The third kappa shape index (κ3) is 5.20. The topological polar surface area (TPSA) is 72.0 Å². The maximum Gasteiger partial charge on any atom is 0.350 e. The van der Waals surface area contributed by atoms with E-state index in [0.29, 0.717) is 11.7 Å². The molecule has 1 spiro atoms. The van der Waals surface area contributed by atoms with Crippen LogP contribution in [0, 0.1) is 12.7 Å². The minimum absolute atomic E-state index is 0.315. The third-order valence-corrected chi connectivity index (χ3v) is 8.77. The highest BCUT2D eigenvalue weighted by atomic mass is 19.1. The van der Waals surface area contributed by atoms with Crippen molar-refractivity contribution in [1.29, 1.82) is 0 Å². The molecule has 0 unspecified atom stereocenters. The summed E-state index contributed by atoms with van der Waals surface area (Å²) in [4.78, 5) is 22.0. The number of halogens is 1. The minimum atomic E-state index is -0.601. The monoisotopic (exact) mass is 542 g/mol. The van der Waals surface area contributed by atoms with Crippen molar-refractivity contribution < 1.29 is 19.1 Å². The Morgan fingerprint density at radius 3 is 2.62 bits per heavy atom. The first-order valence-corrected chi connectivity index (χ1v) is 14.4. The second kappa shape index (κ2) is 11.0. The molecule has 3 aromatic rings. The van der Waals surface area contributed by atoms with Crippen LogP contribution in [-0.4, -0.2) is 46.6 Å². The number of amides is 2. The van der Waals surface area contributed by atoms with Crippen molar-refractivity contribution in [1.82, 2.24) is 10.2 Å². The number of aliphatic imine (C=N–C) groups is 1. The van der Waals surface area contributed by atoms with Crippen LogP contribution < -0.4 is 14.9 Å². The largest absolute Gasteiger partial charge is 0.369 e. The molecule has 3 aliphatic rings. The Kier molecular flexibility index (Phi) is 7.27. The normalized spacial score (nSPS) is 19.7. The third-order valence-electron chi connectivity index (χ3n) is 8.77. The summed E-state index contributed by atoms with van der Waals surface area (Å²) in [6.45, 7) is 4.40. The molecule has 0 bridgehead atoms. The fraction of sp³-hybridized carbons (Fsp3) is 0.406. The lowest BCUT2D eigenvalue weighted by Gasteiger charge is -2.45. The van der Waals surface area contributed by atoms with Crippen LogP contribution in [0.2, 0.25) is 0 Å². The standard InChI is InChI=1S/C32H36FN5O2/c1-23-13-16-37(40)22-29(23)25-8-5-7-24(19-25)21-36-17-14-32(15-18-36)30(34-27-10-3-2-4-11-27)35-31(39)38(32)28-12-6-9-26(33)20-28/h5-9,12-13,16,19-20,22,27H,2-4,10-11,14-15,17-18,21H2,1H3,(H-,34,35,39,40)/p+1. The number of carbonyl (C=O) groups is 1. The summed E-state index contributed by atoms with van der Waals surface area (Å²) in [5.41, 5.74) is 4.32. The van der Waals surface area contributed by atoms with E-state index in [1.807, 2.05) is 13.0 Å². The number of pyridine rings is 1. The van der Waals surface area contributed by atoms with Crippen molar-refractivity contribution in [3.05, 3.63) is 83.9 Å². The second-order valence-electron chi connectivity index (χ2n) is 11.5. The Labute approximate surface area is 234 Å². The van der Waals surface area contributed by atoms with Crippen molar-refractivity contribution in [3.8, 4) is 11.1 Å². The number of nitrogens with zero attached hydrogens (tertiary/aromatic N) is 4. The van der Waals surface area contributed by atoms with Crippen molar-refractivity contribution >= 4 is 17.6 Å². The first-order chi connectivity index (χ1) is 19.4. The van der Waals surface area contributed by atoms with E-state index < -0.39 is 5.54 Å². The van der Waals surface area contributed by atoms with Gasteiger partial charge in [0, 0.05) is 42.2 Å². The molecule has 2 fully saturated rings. The van der Waals surface area contributed by atoms with Crippen molar-refractivity contribution in [2.24, 2.45) is 4.99 Å². The molecule has 2 amide bonds. The number of amidine groups is 1. The number of urea groups is 1. The molecule has 40 heavy (non-hydrogen) atoms. The molecule has 3 heterocycles. The highest BCUT2D eigenvalue weighted by Gasteiger charge is 2.52. The van der Waals surface area contributed by atoms with Gasteiger partial charge in [-0.1, -0.05) is 43.5 Å². The number of rotatable bonds is 5. The molecule has 2 N–H and O–H groups in total. The van der Waals surface area contributed by atoms with Gasteiger partial charge in [0.25, 0.3) is 0 Å². The van der Waals surface area contributed by atoms with Crippen LogP contribution >= 0.6 is 0 Å². The molecular weight excluding hydrogens is 505 g/mol. The summed E-state index contributed by atoms with van der Waals surface area (Å²) in [6, 6.07) is 16.7. The van der Waals surface area contributed by atoms with Gasteiger partial charge in [0.1, 0.15) is 17.2 Å². The van der Waals surface area contributed by atoms with Crippen LogP contribution in [0.25, 0.3) is 11.1 Å². The first kappa shape index (κ1) is 26.4. The predicted octanol–water partition coefficient (Wildman–Crippen LogP) is 5.62. The zero-order chi connectivity index (χ0) is 27.7. The van der Waals surface area contributed by atoms with Crippen LogP contribution in [0.1, 0.15) is 56.1 Å². The lowest BCUT2D eigenvalue weighted by atomic mass is 9.83. The Balaban J connectivity index is 1.22. The number of aromatic nitrogens is 1. The number of aryl methyl sites for hydroxylation is 1. The zero-order valence-electron chi connectivity index (χ0n) is 23.0. The molecule has 208 valence electrons. The highest BCUT2D eigenvalue weighted by Crippen LogP contribution is 2.39. The van der Waals surface area contributed by atoms with Crippen LogP contribution in [0.3, 0.4) is 0 Å². The Morgan fingerprint density at radius 1 is 1.07 bits per heavy atom. The lowest BCUT2D eigenvalue weighted by molar-refractivity contribution is -0.904. The quantitative estimate of drug-likeness (QED) is 0.324. The minimum Gasteiger partial charge on any atom is -0.369 e. The van der Waals surface area contributed by atoms with E-state index in [1.54, 1.807) is 29.4 Å². The number of anilines is 1. The maximum atomic E-state index is 14.3. The number of nitrogens with one attached hydrogen (secondary N) is 1. The molecule has 1 aromatic heterocycles. The molecular formula is C32H37FN5O2+. The van der Waals surface area contributed by atoms with Gasteiger partial charge in [-0.3, -0.25) is 15.0 Å². The average Bonchev–Trinajstić information content (AvgIpc) is 3.21. The van der Waals surface area contributed by atoms with Crippen LogP contribution in [0.15, 0.2) is 72.0 Å². The van der Waals surface area contributed by atoms with E-state index in [2.05, 4.69) is 39.5 Å². The summed E-state index contributed by atoms with van der Waals surface area (Å²) in [5.74, 6) is 0.402. The second-order valence-corrected chi connectivity index (χ2v) is 11.5. The first-order valence-electron chi connectivity index (χ1n) is 14.4. The lowest BCUT2D eigenvalue weighted by Crippen LogP contribution is -2.62. The smallest absolute Gasteiger partial charge is 0.350 e. The van der Waals surface area contributed by atoms with Crippen molar-refractivity contribution in [2.75, 3.05) is 18.0 Å². The van der Waals surface area contributed by atoms with Gasteiger partial charge in [-0.2, -0.15) is 4.99 Å². The molecule has 0 radical (unpaired) electrons. The molecule has 2 aromatic carbocycles. The number of hydrogen-bond donors (Lipinski definition) is 2. The van der Waals surface area contributed by atoms with Crippen molar-refractivity contribution in [3.63, 3.8) is 0 Å². The number of piperidine rings is 1. The fourth-order valence-corrected chi connectivity index (χ4v) is 6.61. The van der Waals surface area contributed by atoms with Crippen molar-refractivity contribution in [2.45, 2.75) is 70.0 Å². The highest BCUT2D eigenvalue weighted by molar-refractivity contribution is 6.16. The SMILES string of the molecule is Cc1cc[n+](O)cc1-c1cccc(CN2CCC3(CC2)C(NC2CCCCC2)=NC(=O)N3c2cccc(F)c2)c1. The molecule has 2 aliphatic heterocycles. The van der Waals surface area contributed by atoms with Gasteiger partial charge in [0.2, 0.25) is 12.4 Å². The molecule has 8 heteroatoms. The summed E-state index contributed by atoms with van der Waals surface area (Å²) < 4.78 is 15.4. The van der Waals surface area contributed by atoms with Gasteiger partial charge >= 0.3 is 6.03 Å². The average molecular weight is 543 g/mol. The van der Waals surface area contributed by atoms with Crippen LogP contribution in [0.4, 0.5) is 14.9 Å². The molecule has 1 aliphatic carbocycles. The van der Waals surface area contributed by atoms with E-state index in [0.717, 1.165) is 72.6 Å². The summed E-state index contributed by atoms with van der Waals surface area (Å²) >= 11 is 0. The molecule has 1 saturated heterocycles.